The van der Waals surface area contributed by atoms with Gasteiger partial charge in [0, 0.05) is 25.8 Å². The van der Waals surface area contributed by atoms with Gasteiger partial charge in [-0.1, -0.05) is 36.4 Å². The number of hydrogen-bond donors (Lipinski definition) is 1. The van der Waals surface area contributed by atoms with Crippen molar-refractivity contribution in [1.82, 2.24) is 4.90 Å². The lowest BCUT2D eigenvalue weighted by Gasteiger charge is -2.26. The fourth-order valence-corrected chi connectivity index (χ4v) is 3.72. The Kier molecular flexibility index (Phi) is 7.31. The number of nitrogens with zero attached hydrogens (tertiary/aromatic N) is 1. The van der Waals surface area contributed by atoms with Crippen molar-refractivity contribution in [2.45, 2.75) is 19.4 Å². The van der Waals surface area contributed by atoms with Crippen molar-refractivity contribution < 1.29 is 28.9 Å². The number of benzene rings is 2. The second kappa shape index (κ2) is 10.1. The lowest BCUT2D eigenvalue weighted by molar-refractivity contribution is -0.140. The molecule has 0 aromatic heterocycles. The van der Waals surface area contributed by atoms with E-state index in [4.69, 9.17) is 14.2 Å². The fourth-order valence-electron chi connectivity index (χ4n) is 3.72. The van der Waals surface area contributed by atoms with Gasteiger partial charge in [-0.05, 0) is 31.0 Å². The molecule has 1 N–H and O–H groups in total. The minimum Gasteiger partial charge on any atom is -0.507 e. The molecule has 7 heteroatoms. The van der Waals surface area contributed by atoms with Gasteiger partial charge >= 0.3 is 0 Å². The fraction of sp³-hybridized carbons (Fsp3) is 0.333. The van der Waals surface area contributed by atoms with Gasteiger partial charge in [0.2, 0.25) is 0 Å². The van der Waals surface area contributed by atoms with Crippen LogP contribution in [0.1, 0.15) is 30.5 Å². The highest BCUT2D eigenvalue weighted by Crippen LogP contribution is 2.42. The molecule has 1 heterocycles. The smallest absolute Gasteiger partial charge is 0.295 e. The third kappa shape index (κ3) is 4.56. The van der Waals surface area contributed by atoms with Crippen molar-refractivity contribution in [1.29, 1.82) is 0 Å². The molecule has 0 radical (unpaired) electrons. The molecule has 1 atom stereocenters. The SMILES string of the molecule is CCOc1ccc([C@H]2C(=C(O)c3ccccc3)C(=O)C(=O)N2CCCOC)cc1OC. The summed E-state index contributed by atoms with van der Waals surface area (Å²) in [6, 6.07) is 13.3. The molecule has 1 fully saturated rings. The van der Waals surface area contributed by atoms with E-state index in [1.54, 1.807) is 49.6 Å². The van der Waals surface area contributed by atoms with E-state index < -0.39 is 17.7 Å². The summed E-state index contributed by atoms with van der Waals surface area (Å²) in [4.78, 5) is 27.3. The van der Waals surface area contributed by atoms with Crippen molar-refractivity contribution >= 4 is 17.4 Å². The van der Waals surface area contributed by atoms with Gasteiger partial charge in [-0.25, -0.2) is 0 Å². The van der Waals surface area contributed by atoms with Crippen molar-refractivity contribution in [3.05, 3.63) is 65.2 Å². The highest BCUT2D eigenvalue weighted by atomic mass is 16.5. The zero-order valence-corrected chi connectivity index (χ0v) is 18.0. The number of methoxy groups -OCH3 is 2. The maximum Gasteiger partial charge on any atom is 0.295 e. The van der Waals surface area contributed by atoms with Crippen molar-refractivity contribution in [3.63, 3.8) is 0 Å². The first-order valence-electron chi connectivity index (χ1n) is 10.2. The summed E-state index contributed by atoms with van der Waals surface area (Å²) in [7, 11) is 3.11. The van der Waals surface area contributed by atoms with Gasteiger partial charge in [0.25, 0.3) is 11.7 Å². The second-order valence-corrected chi connectivity index (χ2v) is 7.05. The second-order valence-electron chi connectivity index (χ2n) is 7.05. The van der Waals surface area contributed by atoms with Crippen LogP contribution in [0, 0.1) is 0 Å². The van der Waals surface area contributed by atoms with Gasteiger partial charge in [0.15, 0.2) is 11.5 Å². The number of amides is 1. The first kappa shape index (κ1) is 22.4. The van der Waals surface area contributed by atoms with Crippen LogP contribution in [0.15, 0.2) is 54.1 Å². The highest BCUT2D eigenvalue weighted by Gasteiger charge is 2.46. The van der Waals surface area contributed by atoms with Gasteiger partial charge in [-0.15, -0.1) is 0 Å². The molecule has 31 heavy (non-hydrogen) atoms. The van der Waals surface area contributed by atoms with E-state index in [1.807, 2.05) is 13.0 Å². The molecule has 0 saturated carbocycles. The molecule has 0 spiro atoms. The number of ketones is 1. The Morgan fingerprint density at radius 2 is 1.81 bits per heavy atom. The van der Waals surface area contributed by atoms with Crippen molar-refractivity contribution in [2.75, 3.05) is 34.0 Å². The molecule has 0 unspecified atom stereocenters. The molecule has 0 bridgehead atoms. The van der Waals surface area contributed by atoms with E-state index in [9.17, 15) is 14.7 Å². The zero-order chi connectivity index (χ0) is 22.4. The summed E-state index contributed by atoms with van der Waals surface area (Å²) in [5, 5.41) is 11.0. The summed E-state index contributed by atoms with van der Waals surface area (Å²) in [5.74, 6) is -0.510. The largest absolute Gasteiger partial charge is 0.507 e. The van der Waals surface area contributed by atoms with Gasteiger partial charge in [0.05, 0.1) is 25.3 Å². The Balaban J connectivity index is 2.13. The van der Waals surface area contributed by atoms with Crippen LogP contribution >= 0.6 is 0 Å². The number of rotatable bonds is 9. The first-order valence-corrected chi connectivity index (χ1v) is 10.2. The number of aliphatic hydroxyl groups is 1. The van der Waals surface area contributed by atoms with E-state index in [-0.39, 0.29) is 11.3 Å². The van der Waals surface area contributed by atoms with E-state index in [0.717, 1.165) is 0 Å². The van der Waals surface area contributed by atoms with Crippen LogP contribution in [0.3, 0.4) is 0 Å². The van der Waals surface area contributed by atoms with Crippen molar-refractivity contribution in [3.8, 4) is 11.5 Å². The molecule has 1 amide bonds. The number of likely N-dealkylation sites (tertiary alicyclic amines) is 1. The summed E-state index contributed by atoms with van der Waals surface area (Å²) in [6.07, 6.45) is 0.555. The predicted molar refractivity (Wildman–Crippen MR) is 116 cm³/mol. The quantitative estimate of drug-likeness (QED) is 0.286. The van der Waals surface area contributed by atoms with Crippen LogP contribution in [0.4, 0.5) is 0 Å². The Labute approximate surface area is 181 Å². The van der Waals surface area contributed by atoms with Crippen LogP contribution < -0.4 is 9.47 Å². The minimum atomic E-state index is -0.748. The Morgan fingerprint density at radius 3 is 2.45 bits per heavy atom. The Morgan fingerprint density at radius 1 is 1.06 bits per heavy atom. The molecular weight excluding hydrogens is 398 g/mol. The van der Waals surface area contributed by atoms with Crippen LogP contribution in [0.25, 0.3) is 5.76 Å². The number of hydrogen-bond acceptors (Lipinski definition) is 6. The van der Waals surface area contributed by atoms with E-state index in [2.05, 4.69) is 0 Å². The van der Waals surface area contributed by atoms with Crippen LogP contribution in [0.5, 0.6) is 11.5 Å². The van der Waals surface area contributed by atoms with E-state index in [0.29, 0.717) is 48.8 Å². The lowest BCUT2D eigenvalue weighted by atomic mass is 9.95. The monoisotopic (exact) mass is 425 g/mol. The molecule has 3 rings (SSSR count). The number of ether oxygens (including phenoxy) is 3. The highest BCUT2D eigenvalue weighted by molar-refractivity contribution is 6.46. The van der Waals surface area contributed by atoms with E-state index >= 15 is 0 Å². The molecular formula is C24H27NO6. The third-order valence-electron chi connectivity index (χ3n) is 5.14. The standard InChI is InChI=1S/C24H27NO6/c1-4-31-18-12-11-17(15-19(18)30-3)21-20(22(26)16-9-6-5-7-10-16)23(27)24(28)25(21)13-8-14-29-2/h5-7,9-12,15,21,26H,4,8,13-14H2,1-3H3/t21-/m0/s1. The van der Waals surface area contributed by atoms with Gasteiger partial charge in [-0.3, -0.25) is 9.59 Å². The number of carbonyl (C=O) groups excluding carboxylic acids is 2. The lowest BCUT2D eigenvalue weighted by Crippen LogP contribution is -2.31. The molecule has 1 aliphatic heterocycles. The van der Waals surface area contributed by atoms with Crippen LogP contribution in [0.2, 0.25) is 0 Å². The minimum absolute atomic E-state index is 0.0554. The topological polar surface area (TPSA) is 85.3 Å². The molecule has 7 nitrogen and oxygen atoms in total. The number of carbonyl (C=O) groups is 2. The molecule has 2 aromatic carbocycles. The summed E-state index contributed by atoms with van der Waals surface area (Å²) in [5.41, 5.74) is 1.18. The zero-order valence-electron chi connectivity index (χ0n) is 18.0. The Bertz CT molecular complexity index is 969. The van der Waals surface area contributed by atoms with Gasteiger partial charge in [-0.2, -0.15) is 0 Å². The summed E-state index contributed by atoms with van der Waals surface area (Å²) in [6.45, 7) is 3.10. The molecule has 0 aliphatic carbocycles. The first-order chi connectivity index (χ1) is 15.0. The summed E-state index contributed by atoms with van der Waals surface area (Å²) >= 11 is 0. The van der Waals surface area contributed by atoms with Gasteiger partial charge < -0.3 is 24.2 Å². The predicted octanol–water partition coefficient (Wildman–Crippen LogP) is 3.55. The molecule has 1 saturated heterocycles. The average molecular weight is 425 g/mol. The maximum atomic E-state index is 13.0. The molecule has 164 valence electrons. The maximum absolute atomic E-state index is 13.0. The molecule has 2 aromatic rings. The number of aliphatic hydroxyl groups excluding tert-OH is 1. The van der Waals surface area contributed by atoms with Gasteiger partial charge in [0.1, 0.15) is 5.76 Å². The van der Waals surface area contributed by atoms with Crippen LogP contribution in [-0.4, -0.2) is 55.7 Å². The third-order valence-corrected chi connectivity index (χ3v) is 5.14. The van der Waals surface area contributed by atoms with Crippen LogP contribution in [-0.2, 0) is 14.3 Å². The summed E-state index contributed by atoms with van der Waals surface area (Å²) < 4.78 is 16.1. The molecule has 1 aliphatic rings. The normalized spacial score (nSPS) is 17.8. The average Bonchev–Trinajstić information content (AvgIpc) is 3.05. The van der Waals surface area contributed by atoms with Crippen molar-refractivity contribution in [2.24, 2.45) is 0 Å². The van der Waals surface area contributed by atoms with E-state index in [1.165, 1.54) is 12.0 Å². The Hall–Kier alpha value is -3.32. The number of Topliss-reactive ketones (excluding diaryl/α,β-unsaturated/α-hetero) is 1.